The Kier molecular flexibility index (Phi) is 5.77. The number of aliphatic hydroxyl groups excluding tert-OH is 1. The highest BCUT2D eigenvalue weighted by atomic mass is 32.1. The summed E-state index contributed by atoms with van der Waals surface area (Å²) in [5.41, 5.74) is 0.812. The van der Waals surface area contributed by atoms with Gasteiger partial charge in [0.1, 0.15) is 0 Å². The van der Waals surface area contributed by atoms with Crippen LogP contribution in [0.15, 0.2) is 17.4 Å². The maximum atomic E-state index is 11.1. The fraction of sp³-hybridized carbons (Fsp3) is 0.364. The van der Waals surface area contributed by atoms with Crippen LogP contribution in [0.2, 0.25) is 0 Å². The van der Waals surface area contributed by atoms with Gasteiger partial charge in [-0.05, 0) is 25.1 Å². The lowest BCUT2D eigenvalue weighted by molar-refractivity contribution is 0.293. The second kappa shape index (κ2) is 7.16. The molecular weight excluding hydrogens is 224 g/mol. The van der Waals surface area contributed by atoms with E-state index in [2.05, 4.69) is 16.9 Å². The van der Waals surface area contributed by atoms with Crippen molar-refractivity contribution in [3.8, 4) is 0 Å². The third kappa shape index (κ3) is 4.14. The topological polar surface area (TPSA) is 65.1 Å². The molecule has 1 aromatic heterocycles. The van der Waals surface area contributed by atoms with Crippen LogP contribution in [0, 0.1) is 0 Å². The summed E-state index contributed by atoms with van der Waals surface area (Å²) in [7, 11) is 0. The van der Waals surface area contributed by atoms with E-state index in [1.165, 1.54) is 0 Å². The van der Waals surface area contributed by atoms with Crippen LogP contribution >= 0.6 is 11.3 Å². The van der Waals surface area contributed by atoms with E-state index in [1.54, 1.807) is 6.08 Å². The monoisotopic (exact) mass is 240 g/mol. The molecule has 0 atom stereocenters. The summed E-state index contributed by atoms with van der Waals surface area (Å²) >= 11 is 1.16. The number of aromatic amines is 1. The number of hydrogen-bond acceptors (Lipinski definition) is 4. The Labute approximate surface area is 98.3 Å². The van der Waals surface area contributed by atoms with Gasteiger partial charge in [-0.1, -0.05) is 24.0 Å². The Hall–Kier alpha value is -1.17. The molecule has 0 saturated carbocycles. The molecule has 0 fully saturated rings. The molecule has 88 valence electrons. The molecule has 0 aliphatic carbocycles. The van der Waals surface area contributed by atoms with E-state index < -0.39 is 0 Å². The smallest absolute Gasteiger partial charge is 0.305 e. The van der Waals surface area contributed by atoms with Crippen molar-refractivity contribution in [3.05, 3.63) is 32.9 Å². The van der Waals surface area contributed by atoms with Crippen LogP contribution in [0.25, 0.3) is 12.2 Å². The van der Waals surface area contributed by atoms with Gasteiger partial charge in [-0.2, -0.15) is 0 Å². The van der Waals surface area contributed by atoms with Gasteiger partial charge in [0.05, 0.1) is 17.2 Å². The molecule has 0 amide bonds. The predicted molar refractivity (Wildman–Crippen MR) is 68.6 cm³/mol. The van der Waals surface area contributed by atoms with E-state index in [0.29, 0.717) is 6.54 Å². The summed E-state index contributed by atoms with van der Waals surface area (Å²) in [6.07, 6.45) is 6.39. The summed E-state index contributed by atoms with van der Waals surface area (Å²) in [5.74, 6) is 0. The minimum atomic E-state index is -0.0621. The highest BCUT2D eigenvalue weighted by Gasteiger charge is 1.99. The van der Waals surface area contributed by atoms with Crippen molar-refractivity contribution in [2.45, 2.75) is 6.42 Å². The van der Waals surface area contributed by atoms with Gasteiger partial charge in [0, 0.05) is 6.54 Å². The molecule has 0 saturated heterocycles. The van der Waals surface area contributed by atoms with E-state index in [1.807, 2.05) is 12.2 Å². The maximum Gasteiger partial charge on any atom is 0.305 e. The van der Waals surface area contributed by atoms with E-state index in [-0.39, 0.29) is 11.5 Å². The molecule has 0 aliphatic rings. The number of nitrogens with one attached hydrogen (secondary N) is 2. The van der Waals surface area contributed by atoms with Gasteiger partial charge in [-0.15, -0.1) is 0 Å². The number of thiazole rings is 1. The fourth-order valence-corrected chi connectivity index (χ4v) is 1.89. The average molecular weight is 240 g/mol. The molecule has 0 unspecified atom stereocenters. The summed E-state index contributed by atoms with van der Waals surface area (Å²) in [5, 5.41) is 11.6. The number of hydrogen-bond donors (Lipinski definition) is 3. The van der Waals surface area contributed by atoms with Crippen molar-refractivity contribution in [1.29, 1.82) is 0 Å². The van der Waals surface area contributed by atoms with Gasteiger partial charge < -0.3 is 15.4 Å². The Bertz CT molecular complexity index is 406. The molecule has 4 nitrogen and oxygen atoms in total. The molecule has 0 radical (unpaired) electrons. The molecule has 0 aliphatic heterocycles. The zero-order valence-corrected chi connectivity index (χ0v) is 9.85. The van der Waals surface area contributed by atoms with Crippen molar-refractivity contribution >= 4 is 23.5 Å². The summed E-state index contributed by atoms with van der Waals surface area (Å²) in [6, 6.07) is 0. The molecule has 0 aromatic carbocycles. The minimum Gasteiger partial charge on any atom is -0.395 e. The third-order valence-corrected chi connectivity index (χ3v) is 2.85. The van der Waals surface area contributed by atoms with E-state index in [0.717, 1.165) is 34.9 Å². The highest BCUT2D eigenvalue weighted by molar-refractivity contribution is 7.10. The first kappa shape index (κ1) is 12.9. The van der Waals surface area contributed by atoms with Gasteiger partial charge in [0.15, 0.2) is 0 Å². The largest absolute Gasteiger partial charge is 0.395 e. The summed E-state index contributed by atoms with van der Waals surface area (Å²) < 4.78 is 0. The van der Waals surface area contributed by atoms with Crippen LogP contribution in [0.5, 0.6) is 0 Å². The minimum absolute atomic E-state index is 0.0621. The van der Waals surface area contributed by atoms with Crippen LogP contribution in [-0.4, -0.2) is 29.8 Å². The van der Waals surface area contributed by atoms with E-state index in [9.17, 15) is 4.79 Å². The molecular formula is C11H16N2O2S. The summed E-state index contributed by atoms with van der Waals surface area (Å²) in [6.45, 7) is 5.23. The SMILES string of the molecule is C=Cc1sc(=O)[nH]c1/C=C\CCNCCO. The molecule has 0 spiro atoms. The Morgan fingerprint density at radius 2 is 2.31 bits per heavy atom. The van der Waals surface area contributed by atoms with E-state index in [4.69, 9.17) is 5.11 Å². The average Bonchev–Trinajstić information content (AvgIpc) is 2.64. The molecule has 1 rings (SSSR count). The third-order valence-electron chi connectivity index (χ3n) is 1.95. The number of H-pyrrole nitrogens is 1. The van der Waals surface area contributed by atoms with E-state index >= 15 is 0 Å². The van der Waals surface area contributed by atoms with Crippen LogP contribution < -0.4 is 10.2 Å². The molecule has 3 N–H and O–H groups in total. The first-order valence-corrected chi connectivity index (χ1v) is 5.93. The second-order valence-electron chi connectivity index (χ2n) is 3.16. The van der Waals surface area contributed by atoms with Gasteiger partial charge in [-0.25, -0.2) is 0 Å². The lowest BCUT2D eigenvalue weighted by Crippen LogP contribution is -2.18. The van der Waals surface area contributed by atoms with Gasteiger partial charge in [0.2, 0.25) is 0 Å². The maximum absolute atomic E-state index is 11.1. The first-order chi connectivity index (χ1) is 7.77. The zero-order valence-electron chi connectivity index (χ0n) is 9.03. The van der Waals surface area contributed by atoms with Crippen molar-refractivity contribution in [3.63, 3.8) is 0 Å². The van der Waals surface area contributed by atoms with Crippen LogP contribution in [-0.2, 0) is 0 Å². The van der Waals surface area contributed by atoms with Crippen LogP contribution in [0.3, 0.4) is 0 Å². The van der Waals surface area contributed by atoms with Gasteiger partial charge in [0.25, 0.3) is 0 Å². The number of aromatic nitrogens is 1. The predicted octanol–water partition coefficient (Wildman–Crippen LogP) is 1.06. The lowest BCUT2D eigenvalue weighted by atomic mass is 10.3. The van der Waals surface area contributed by atoms with Gasteiger partial charge >= 0.3 is 4.87 Å². The first-order valence-electron chi connectivity index (χ1n) is 5.11. The van der Waals surface area contributed by atoms with Crippen LogP contribution in [0.4, 0.5) is 0 Å². The standard InChI is InChI=1S/C11H16N2O2S/c1-2-10-9(13-11(15)16-10)5-3-4-6-12-7-8-14/h2-3,5,12,14H,1,4,6-8H2,(H,13,15)/b5-3-. The quantitative estimate of drug-likeness (QED) is 0.624. The highest BCUT2D eigenvalue weighted by Crippen LogP contribution is 2.12. The van der Waals surface area contributed by atoms with Crippen LogP contribution in [0.1, 0.15) is 17.0 Å². The Balaban J connectivity index is 2.43. The molecule has 1 heterocycles. The van der Waals surface area contributed by atoms with Crippen molar-refractivity contribution in [2.75, 3.05) is 19.7 Å². The summed E-state index contributed by atoms with van der Waals surface area (Å²) in [4.78, 5) is 14.6. The molecule has 16 heavy (non-hydrogen) atoms. The molecule has 1 aromatic rings. The fourth-order valence-electron chi connectivity index (χ4n) is 1.22. The zero-order chi connectivity index (χ0) is 11.8. The molecule has 0 bridgehead atoms. The van der Waals surface area contributed by atoms with Crippen molar-refractivity contribution in [2.24, 2.45) is 0 Å². The second-order valence-corrected chi connectivity index (χ2v) is 4.18. The lowest BCUT2D eigenvalue weighted by Gasteiger charge is -1.97. The van der Waals surface area contributed by atoms with Gasteiger partial charge in [-0.3, -0.25) is 4.79 Å². The normalized spacial score (nSPS) is 11.1. The van der Waals surface area contributed by atoms with Crippen molar-refractivity contribution < 1.29 is 5.11 Å². The van der Waals surface area contributed by atoms with Crippen molar-refractivity contribution in [1.82, 2.24) is 10.3 Å². The Morgan fingerprint density at radius 1 is 1.50 bits per heavy atom. The molecule has 5 heteroatoms. The Morgan fingerprint density at radius 3 is 3.00 bits per heavy atom. The number of aliphatic hydroxyl groups is 1. The number of rotatable bonds is 7.